The summed E-state index contributed by atoms with van der Waals surface area (Å²) in [4.78, 5) is 13.1. The highest BCUT2D eigenvalue weighted by Gasteiger charge is 2.72. The van der Waals surface area contributed by atoms with Crippen molar-refractivity contribution in [2.24, 2.45) is 22.5 Å². The summed E-state index contributed by atoms with van der Waals surface area (Å²) in [5.41, 5.74) is 6.38. The first-order valence-electron chi connectivity index (χ1n) is 9.09. The third-order valence-corrected chi connectivity index (χ3v) is 9.28. The lowest BCUT2D eigenvalue weighted by atomic mass is 9.69. The van der Waals surface area contributed by atoms with E-state index >= 15 is 0 Å². The van der Waals surface area contributed by atoms with Crippen LogP contribution in [0, 0.1) is 16.7 Å². The van der Waals surface area contributed by atoms with Crippen LogP contribution in [0.1, 0.15) is 44.7 Å². The van der Waals surface area contributed by atoms with E-state index in [0.29, 0.717) is 17.2 Å². The summed E-state index contributed by atoms with van der Waals surface area (Å²) >= 11 is 0. The molecule has 1 aromatic carbocycles. The molecule has 2 aliphatic carbocycles. The highest BCUT2D eigenvalue weighted by molar-refractivity contribution is 7.90. The number of sulfonamides is 1. The Morgan fingerprint density at radius 3 is 2.54 bits per heavy atom. The van der Waals surface area contributed by atoms with Gasteiger partial charge >= 0.3 is 0 Å². The van der Waals surface area contributed by atoms with Crippen molar-refractivity contribution in [3.05, 3.63) is 29.8 Å². The Kier molecular flexibility index (Phi) is 3.73. The van der Waals surface area contributed by atoms with Crippen molar-refractivity contribution in [1.29, 1.82) is 0 Å². The van der Waals surface area contributed by atoms with E-state index in [1.54, 1.807) is 31.4 Å². The van der Waals surface area contributed by atoms with Crippen molar-refractivity contribution in [3.63, 3.8) is 0 Å². The van der Waals surface area contributed by atoms with E-state index in [9.17, 15) is 13.2 Å². The fourth-order valence-corrected chi connectivity index (χ4v) is 8.23. The van der Waals surface area contributed by atoms with Crippen molar-refractivity contribution < 1.29 is 17.9 Å². The number of fused-ring (bicyclic) bond motifs is 1. The van der Waals surface area contributed by atoms with E-state index in [4.69, 9.17) is 10.5 Å². The lowest BCUT2D eigenvalue weighted by Crippen LogP contribution is -2.47. The van der Waals surface area contributed by atoms with Crippen molar-refractivity contribution >= 4 is 15.9 Å². The molecule has 3 aliphatic rings. The number of amides is 1. The quantitative estimate of drug-likeness (QED) is 0.870. The summed E-state index contributed by atoms with van der Waals surface area (Å²) in [6, 6.07) is 5.63. The molecular formula is C19H26N2O4S. The second kappa shape index (κ2) is 5.45. The predicted molar refractivity (Wildman–Crippen MR) is 97.9 cm³/mol. The zero-order valence-electron chi connectivity index (χ0n) is 15.4. The number of carbonyl (C=O) groups excluding carboxylic acids is 1. The molecule has 142 valence electrons. The van der Waals surface area contributed by atoms with Crippen LogP contribution < -0.4 is 10.5 Å². The van der Waals surface area contributed by atoms with Crippen LogP contribution >= 0.6 is 0 Å². The average molecular weight is 378 g/mol. The molecule has 0 aromatic heterocycles. The van der Waals surface area contributed by atoms with Crippen LogP contribution in [0.15, 0.2) is 24.3 Å². The van der Waals surface area contributed by atoms with E-state index < -0.39 is 22.0 Å². The number of rotatable bonds is 3. The maximum Gasteiger partial charge on any atom is 0.257 e. The molecule has 4 atom stereocenters. The summed E-state index contributed by atoms with van der Waals surface area (Å²) in [6.07, 6.45) is 2.68. The van der Waals surface area contributed by atoms with Crippen LogP contribution in [-0.2, 0) is 14.8 Å². The van der Waals surface area contributed by atoms with Crippen molar-refractivity contribution in [2.45, 2.75) is 45.2 Å². The van der Waals surface area contributed by atoms with E-state index in [0.717, 1.165) is 23.6 Å². The molecule has 6 nitrogen and oxygen atoms in total. The van der Waals surface area contributed by atoms with Crippen LogP contribution in [0.4, 0.5) is 0 Å². The summed E-state index contributed by atoms with van der Waals surface area (Å²) in [6.45, 7) is 4.33. The molecule has 1 saturated heterocycles. The van der Waals surface area contributed by atoms with Gasteiger partial charge in [-0.3, -0.25) is 4.79 Å². The predicted octanol–water partition coefficient (Wildman–Crippen LogP) is 2.06. The van der Waals surface area contributed by atoms with Gasteiger partial charge < -0.3 is 10.5 Å². The highest BCUT2D eigenvalue weighted by Crippen LogP contribution is 2.70. The fourth-order valence-electron chi connectivity index (χ4n) is 5.67. The molecule has 0 unspecified atom stereocenters. The highest BCUT2D eigenvalue weighted by atomic mass is 32.2. The smallest absolute Gasteiger partial charge is 0.257 e. The van der Waals surface area contributed by atoms with E-state index in [2.05, 4.69) is 13.8 Å². The van der Waals surface area contributed by atoms with Crippen LogP contribution in [0.2, 0.25) is 0 Å². The minimum absolute atomic E-state index is 0.0647. The van der Waals surface area contributed by atoms with Gasteiger partial charge in [-0.1, -0.05) is 26.0 Å². The SMILES string of the molecule is COc1ccc([C@@H](N)C(=O)N2[C@@H]3C[C@H]4CC[C@]3(CS2(=O)=O)C4(C)C)cc1. The Bertz CT molecular complexity index is 849. The van der Waals surface area contributed by atoms with Crippen LogP contribution in [0.5, 0.6) is 5.75 Å². The van der Waals surface area contributed by atoms with Gasteiger partial charge in [0.25, 0.3) is 5.91 Å². The second-order valence-electron chi connectivity index (χ2n) is 8.51. The van der Waals surface area contributed by atoms with Crippen LogP contribution in [0.3, 0.4) is 0 Å². The topological polar surface area (TPSA) is 89.7 Å². The largest absolute Gasteiger partial charge is 0.497 e. The summed E-state index contributed by atoms with van der Waals surface area (Å²) in [7, 11) is -2.08. The molecule has 26 heavy (non-hydrogen) atoms. The van der Waals surface area contributed by atoms with E-state index in [1.165, 1.54) is 0 Å². The molecule has 2 N–H and O–H groups in total. The Morgan fingerprint density at radius 1 is 1.31 bits per heavy atom. The number of benzene rings is 1. The standard InChI is InChI=1S/C19H26N2O4S/c1-18(2)13-8-9-19(18)11-26(23,24)21(15(19)10-13)17(22)16(20)12-4-6-14(25-3)7-5-12/h4-7,13,15-16H,8-11,20H2,1-3H3/t13-,15-,16-,19-/m1/s1. The van der Waals surface area contributed by atoms with Gasteiger partial charge in [0.05, 0.1) is 18.9 Å². The molecule has 1 amide bonds. The first kappa shape index (κ1) is 17.8. The summed E-state index contributed by atoms with van der Waals surface area (Å²) < 4.78 is 32.2. The van der Waals surface area contributed by atoms with Gasteiger partial charge in [-0.05, 0) is 48.3 Å². The summed E-state index contributed by atoms with van der Waals surface area (Å²) in [5, 5.41) is 0. The van der Waals surface area contributed by atoms with Crippen LogP contribution in [0.25, 0.3) is 0 Å². The van der Waals surface area contributed by atoms with Gasteiger partial charge in [-0.2, -0.15) is 0 Å². The molecule has 1 aromatic rings. The Hall–Kier alpha value is -1.60. The fraction of sp³-hybridized carbons (Fsp3) is 0.632. The third kappa shape index (κ3) is 2.13. The number of hydrogen-bond donors (Lipinski definition) is 1. The minimum Gasteiger partial charge on any atom is -0.497 e. The first-order chi connectivity index (χ1) is 12.1. The van der Waals surface area contributed by atoms with Crippen molar-refractivity contribution in [3.8, 4) is 5.75 Å². The molecular weight excluding hydrogens is 352 g/mol. The van der Waals surface area contributed by atoms with Gasteiger partial charge in [0, 0.05) is 5.41 Å². The van der Waals surface area contributed by atoms with E-state index in [1.807, 2.05) is 0 Å². The lowest BCUT2D eigenvalue weighted by molar-refractivity contribution is -0.130. The van der Waals surface area contributed by atoms with Gasteiger partial charge in [0.2, 0.25) is 10.0 Å². The van der Waals surface area contributed by atoms with Crippen molar-refractivity contribution in [2.75, 3.05) is 12.9 Å². The number of ether oxygens (including phenoxy) is 1. The molecule has 0 radical (unpaired) electrons. The van der Waals surface area contributed by atoms with Gasteiger partial charge in [-0.25, -0.2) is 12.7 Å². The Balaban J connectivity index is 1.67. The molecule has 4 rings (SSSR count). The average Bonchev–Trinajstić information content (AvgIpc) is 3.08. The number of methoxy groups -OCH3 is 1. The van der Waals surface area contributed by atoms with Crippen molar-refractivity contribution in [1.82, 2.24) is 4.31 Å². The van der Waals surface area contributed by atoms with E-state index in [-0.39, 0.29) is 22.6 Å². The number of hydrogen-bond acceptors (Lipinski definition) is 5. The number of nitrogens with two attached hydrogens (primary N) is 1. The Labute approximate surface area is 154 Å². The second-order valence-corrected chi connectivity index (χ2v) is 10.4. The zero-order valence-corrected chi connectivity index (χ0v) is 16.3. The zero-order chi connectivity index (χ0) is 18.9. The first-order valence-corrected chi connectivity index (χ1v) is 10.7. The van der Waals surface area contributed by atoms with Gasteiger partial charge in [0.1, 0.15) is 11.8 Å². The van der Waals surface area contributed by atoms with Gasteiger partial charge in [0.15, 0.2) is 0 Å². The maximum atomic E-state index is 13.1. The third-order valence-electron chi connectivity index (χ3n) is 7.37. The maximum absolute atomic E-state index is 13.1. The number of nitrogens with zero attached hydrogens (tertiary/aromatic N) is 1. The molecule has 2 bridgehead atoms. The van der Waals surface area contributed by atoms with Gasteiger partial charge in [-0.15, -0.1) is 0 Å². The number of carbonyl (C=O) groups is 1. The molecule has 1 spiro atoms. The summed E-state index contributed by atoms with van der Waals surface area (Å²) in [5.74, 6) is 0.682. The van der Waals surface area contributed by atoms with Crippen LogP contribution in [-0.4, -0.2) is 37.5 Å². The molecule has 2 saturated carbocycles. The monoisotopic (exact) mass is 378 g/mol. The molecule has 1 aliphatic heterocycles. The molecule has 1 heterocycles. The molecule has 3 fully saturated rings. The normalized spacial score (nSPS) is 34.5. The molecule has 7 heteroatoms. The minimum atomic E-state index is -3.65. The Morgan fingerprint density at radius 2 is 1.96 bits per heavy atom. The lowest BCUT2D eigenvalue weighted by Gasteiger charge is -2.37.